The monoisotopic (exact) mass is 384 g/mol. The molecular weight excluding hydrogens is 356 g/mol. The summed E-state index contributed by atoms with van der Waals surface area (Å²) in [7, 11) is 1.66. The van der Waals surface area contributed by atoms with E-state index in [0.29, 0.717) is 25.2 Å². The van der Waals surface area contributed by atoms with Crippen LogP contribution in [-0.4, -0.2) is 41.2 Å². The Bertz CT molecular complexity index is 788. The van der Waals surface area contributed by atoms with Crippen LogP contribution in [0.15, 0.2) is 48.7 Å². The summed E-state index contributed by atoms with van der Waals surface area (Å²) in [6.07, 6.45) is 1.96. The Morgan fingerprint density at radius 3 is 2.50 bits per heavy atom. The van der Waals surface area contributed by atoms with E-state index in [1.165, 1.54) is 4.90 Å². The molecule has 28 heavy (non-hydrogen) atoms. The minimum atomic E-state index is -0.559. The van der Waals surface area contributed by atoms with E-state index >= 15 is 0 Å². The maximum absolute atomic E-state index is 12.2. The standard InChI is InChI=1S/C21H28N4O3/c1-21(2,3)28-20(27)25(4)15-16-9-5-6-11-18(16)24-19(26)23-14-12-17-10-7-8-13-22-17/h5-11,13H,12,14-15H2,1-4H3,(H2,23,24,26). The number of nitrogens with one attached hydrogen (secondary N) is 2. The van der Waals surface area contributed by atoms with E-state index in [4.69, 9.17) is 4.74 Å². The van der Waals surface area contributed by atoms with Gasteiger partial charge in [0.1, 0.15) is 5.60 Å². The molecule has 2 N–H and O–H groups in total. The molecule has 3 amide bonds. The lowest BCUT2D eigenvalue weighted by Gasteiger charge is -2.25. The summed E-state index contributed by atoms with van der Waals surface area (Å²) < 4.78 is 5.37. The number of pyridine rings is 1. The highest BCUT2D eigenvalue weighted by Crippen LogP contribution is 2.18. The maximum atomic E-state index is 12.2. The number of ether oxygens (including phenoxy) is 1. The summed E-state index contributed by atoms with van der Waals surface area (Å²) in [5.74, 6) is 0. The van der Waals surface area contributed by atoms with Crippen molar-refractivity contribution in [3.05, 3.63) is 59.9 Å². The number of aromatic nitrogens is 1. The highest BCUT2D eigenvalue weighted by atomic mass is 16.6. The van der Waals surface area contributed by atoms with Crippen LogP contribution in [0.2, 0.25) is 0 Å². The number of para-hydroxylation sites is 1. The van der Waals surface area contributed by atoms with Gasteiger partial charge in [0.05, 0.1) is 6.54 Å². The lowest BCUT2D eigenvalue weighted by Crippen LogP contribution is -2.34. The number of benzene rings is 1. The predicted octanol–water partition coefficient (Wildman–Crippen LogP) is 3.81. The smallest absolute Gasteiger partial charge is 0.410 e. The Labute approximate surface area is 166 Å². The van der Waals surface area contributed by atoms with E-state index in [1.807, 2.05) is 57.2 Å². The molecule has 0 aliphatic heterocycles. The number of amides is 3. The zero-order valence-electron chi connectivity index (χ0n) is 16.9. The van der Waals surface area contributed by atoms with Crippen LogP contribution in [0.3, 0.4) is 0 Å². The summed E-state index contributed by atoms with van der Waals surface area (Å²) in [5.41, 5.74) is 1.82. The van der Waals surface area contributed by atoms with E-state index in [0.717, 1.165) is 11.3 Å². The van der Waals surface area contributed by atoms with Gasteiger partial charge >= 0.3 is 12.1 Å². The molecule has 7 nitrogen and oxygen atoms in total. The average Bonchev–Trinajstić information content (AvgIpc) is 2.63. The number of rotatable bonds is 6. The van der Waals surface area contributed by atoms with Gasteiger partial charge in [-0.05, 0) is 44.5 Å². The SMILES string of the molecule is CN(Cc1ccccc1NC(=O)NCCc1ccccn1)C(=O)OC(C)(C)C. The van der Waals surface area contributed by atoms with Crippen LogP contribution in [0.5, 0.6) is 0 Å². The van der Waals surface area contributed by atoms with Crippen LogP contribution in [0.1, 0.15) is 32.0 Å². The highest BCUT2D eigenvalue weighted by molar-refractivity contribution is 5.90. The summed E-state index contributed by atoms with van der Waals surface area (Å²) in [5, 5.41) is 5.66. The van der Waals surface area contributed by atoms with Gasteiger partial charge in [0.25, 0.3) is 0 Å². The van der Waals surface area contributed by atoms with Crippen LogP contribution in [0.4, 0.5) is 15.3 Å². The molecule has 0 aliphatic rings. The van der Waals surface area contributed by atoms with Crippen molar-refractivity contribution in [3.8, 4) is 0 Å². The molecule has 0 spiro atoms. The lowest BCUT2D eigenvalue weighted by molar-refractivity contribution is 0.0285. The first-order valence-corrected chi connectivity index (χ1v) is 9.21. The molecule has 7 heteroatoms. The summed E-state index contributed by atoms with van der Waals surface area (Å²) in [4.78, 5) is 30.1. The normalized spacial score (nSPS) is 10.9. The first-order valence-electron chi connectivity index (χ1n) is 9.21. The molecule has 0 radical (unpaired) electrons. The van der Waals surface area contributed by atoms with Crippen LogP contribution < -0.4 is 10.6 Å². The Morgan fingerprint density at radius 2 is 1.82 bits per heavy atom. The van der Waals surface area contributed by atoms with E-state index < -0.39 is 11.7 Å². The second kappa shape index (κ2) is 9.73. The van der Waals surface area contributed by atoms with Gasteiger partial charge in [0.2, 0.25) is 0 Å². The molecule has 2 rings (SSSR count). The summed E-state index contributed by atoms with van der Waals surface area (Å²) >= 11 is 0. The molecule has 0 aliphatic carbocycles. The summed E-state index contributed by atoms with van der Waals surface area (Å²) in [6, 6.07) is 12.8. The van der Waals surface area contributed by atoms with Gasteiger partial charge in [-0.1, -0.05) is 24.3 Å². The molecule has 1 aromatic heterocycles. The highest BCUT2D eigenvalue weighted by Gasteiger charge is 2.20. The first kappa shape index (κ1) is 21.2. The Hall–Kier alpha value is -3.09. The number of hydrogen-bond acceptors (Lipinski definition) is 4. The van der Waals surface area contributed by atoms with Crippen molar-refractivity contribution in [3.63, 3.8) is 0 Å². The number of carbonyl (C=O) groups excluding carboxylic acids is 2. The zero-order chi connectivity index (χ0) is 20.6. The fourth-order valence-electron chi connectivity index (χ4n) is 2.46. The quantitative estimate of drug-likeness (QED) is 0.793. The molecule has 1 heterocycles. The second-order valence-corrected chi connectivity index (χ2v) is 7.45. The van der Waals surface area contributed by atoms with Crippen LogP contribution in [-0.2, 0) is 17.7 Å². The topological polar surface area (TPSA) is 83.6 Å². The summed E-state index contributed by atoms with van der Waals surface area (Å²) in [6.45, 7) is 6.26. The number of urea groups is 1. The number of nitrogens with zero attached hydrogens (tertiary/aromatic N) is 2. The third-order valence-corrected chi connectivity index (χ3v) is 3.77. The van der Waals surface area contributed by atoms with Crippen molar-refractivity contribution in [2.24, 2.45) is 0 Å². The van der Waals surface area contributed by atoms with Crippen molar-refractivity contribution >= 4 is 17.8 Å². The lowest BCUT2D eigenvalue weighted by atomic mass is 10.1. The largest absolute Gasteiger partial charge is 0.444 e. The van der Waals surface area contributed by atoms with Gasteiger partial charge in [0, 0.05) is 37.6 Å². The molecular formula is C21H28N4O3. The van der Waals surface area contributed by atoms with Gasteiger partial charge in [-0.3, -0.25) is 4.98 Å². The van der Waals surface area contributed by atoms with Gasteiger partial charge in [-0.25, -0.2) is 9.59 Å². The Morgan fingerprint density at radius 1 is 1.11 bits per heavy atom. The zero-order valence-corrected chi connectivity index (χ0v) is 16.9. The predicted molar refractivity (Wildman–Crippen MR) is 109 cm³/mol. The van der Waals surface area contributed by atoms with Crippen molar-refractivity contribution in [1.29, 1.82) is 0 Å². The molecule has 1 aromatic carbocycles. The van der Waals surface area contributed by atoms with Gasteiger partial charge < -0.3 is 20.3 Å². The third-order valence-electron chi connectivity index (χ3n) is 3.77. The Kier molecular flexibility index (Phi) is 7.37. The van der Waals surface area contributed by atoms with Gasteiger partial charge in [-0.2, -0.15) is 0 Å². The fraction of sp³-hybridized carbons (Fsp3) is 0.381. The van der Waals surface area contributed by atoms with E-state index in [9.17, 15) is 9.59 Å². The van der Waals surface area contributed by atoms with Gasteiger partial charge in [0.15, 0.2) is 0 Å². The molecule has 0 saturated heterocycles. The van der Waals surface area contributed by atoms with Crippen LogP contribution >= 0.6 is 0 Å². The molecule has 0 unspecified atom stereocenters. The minimum Gasteiger partial charge on any atom is -0.444 e. The van der Waals surface area contributed by atoms with Crippen molar-refractivity contribution in [2.75, 3.05) is 18.9 Å². The minimum absolute atomic E-state index is 0.302. The first-order chi connectivity index (χ1) is 13.2. The number of carbonyl (C=O) groups is 2. The third kappa shape index (κ3) is 7.26. The van der Waals surface area contributed by atoms with E-state index in [-0.39, 0.29) is 6.03 Å². The molecule has 150 valence electrons. The molecule has 0 bridgehead atoms. The second-order valence-electron chi connectivity index (χ2n) is 7.45. The molecule has 0 fully saturated rings. The fourth-order valence-corrected chi connectivity index (χ4v) is 2.46. The molecule has 0 atom stereocenters. The van der Waals surface area contributed by atoms with Crippen LogP contribution in [0, 0.1) is 0 Å². The van der Waals surface area contributed by atoms with E-state index in [2.05, 4.69) is 15.6 Å². The van der Waals surface area contributed by atoms with Gasteiger partial charge in [-0.15, -0.1) is 0 Å². The number of anilines is 1. The molecule has 0 saturated carbocycles. The van der Waals surface area contributed by atoms with Crippen molar-refractivity contribution < 1.29 is 14.3 Å². The maximum Gasteiger partial charge on any atom is 0.410 e. The van der Waals surface area contributed by atoms with Crippen molar-refractivity contribution in [2.45, 2.75) is 39.3 Å². The van der Waals surface area contributed by atoms with Crippen LogP contribution in [0.25, 0.3) is 0 Å². The Balaban J connectivity index is 1.90. The number of hydrogen-bond donors (Lipinski definition) is 2. The average molecular weight is 384 g/mol. The molecule has 2 aromatic rings. The van der Waals surface area contributed by atoms with E-state index in [1.54, 1.807) is 19.3 Å². The van der Waals surface area contributed by atoms with Crippen molar-refractivity contribution in [1.82, 2.24) is 15.2 Å².